The number of hydrogen-bond donors (Lipinski definition) is 1. The number of rotatable bonds is 6. The van der Waals surface area contributed by atoms with Crippen LogP contribution in [0.1, 0.15) is 51.4 Å². The summed E-state index contributed by atoms with van der Waals surface area (Å²) >= 11 is 3.64. The molecule has 0 aromatic heterocycles. The second-order valence-corrected chi connectivity index (χ2v) is 6.52. The van der Waals surface area contributed by atoms with E-state index in [1.807, 2.05) is 0 Å². The Kier molecular flexibility index (Phi) is 4.68. The topological polar surface area (TPSA) is 29.1 Å². The molecule has 1 N–H and O–H groups in total. The third-order valence-corrected chi connectivity index (χ3v) is 4.95. The van der Waals surface area contributed by atoms with Gasteiger partial charge in [-0.2, -0.15) is 0 Å². The molecule has 2 aliphatic rings. The number of carbonyl (C=O) groups is 1. The van der Waals surface area contributed by atoms with Crippen molar-refractivity contribution in [2.24, 2.45) is 11.8 Å². The van der Waals surface area contributed by atoms with Gasteiger partial charge in [-0.3, -0.25) is 4.79 Å². The molecule has 92 valence electrons. The summed E-state index contributed by atoms with van der Waals surface area (Å²) in [5.41, 5.74) is 0. The molecule has 0 spiro atoms. The van der Waals surface area contributed by atoms with E-state index in [4.69, 9.17) is 0 Å². The summed E-state index contributed by atoms with van der Waals surface area (Å²) in [6.07, 6.45) is 9.92. The lowest BCUT2D eigenvalue weighted by Gasteiger charge is -2.11. The zero-order valence-corrected chi connectivity index (χ0v) is 11.5. The minimum absolute atomic E-state index is 0.247. The highest BCUT2D eigenvalue weighted by Crippen LogP contribution is 2.36. The molecule has 3 heteroatoms. The SMILES string of the molecule is O=C(CCC1CCCC1)NCC(Br)C1CC1. The molecule has 1 amide bonds. The van der Waals surface area contributed by atoms with Crippen molar-refractivity contribution in [1.29, 1.82) is 0 Å². The van der Waals surface area contributed by atoms with Gasteiger partial charge in [0.15, 0.2) is 0 Å². The third-order valence-electron chi connectivity index (χ3n) is 3.88. The van der Waals surface area contributed by atoms with Crippen molar-refractivity contribution in [2.45, 2.75) is 56.2 Å². The zero-order valence-electron chi connectivity index (χ0n) is 9.88. The molecule has 0 saturated heterocycles. The Morgan fingerprint density at radius 3 is 2.56 bits per heavy atom. The molecule has 16 heavy (non-hydrogen) atoms. The number of nitrogens with one attached hydrogen (secondary N) is 1. The zero-order chi connectivity index (χ0) is 11.4. The van der Waals surface area contributed by atoms with E-state index in [-0.39, 0.29) is 5.91 Å². The first-order chi connectivity index (χ1) is 7.75. The number of hydrogen-bond acceptors (Lipinski definition) is 1. The van der Waals surface area contributed by atoms with Gasteiger partial charge in [-0.1, -0.05) is 41.6 Å². The van der Waals surface area contributed by atoms with Crippen molar-refractivity contribution < 1.29 is 4.79 Å². The summed E-state index contributed by atoms with van der Waals surface area (Å²) in [6, 6.07) is 0. The molecule has 0 radical (unpaired) electrons. The molecular weight excluding hydrogens is 266 g/mol. The Balaban J connectivity index is 1.53. The van der Waals surface area contributed by atoms with E-state index in [2.05, 4.69) is 21.2 Å². The standard InChI is InChI=1S/C13H22BrNO/c14-12(11-6-7-11)9-15-13(16)8-5-10-3-1-2-4-10/h10-12H,1-9H2,(H,15,16). The minimum atomic E-state index is 0.247. The van der Waals surface area contributed by atoms with Crippen LogP contribution in [0.3, 0.4) is 0 Å². The summed E-state index contributed by atoms with van der Waals surface area (Å²) in [5, 5.41) is 3.04. The molecule has 0 aromatic carbocycles. The van der Waals surface area contributed by atoms with Crippen LogP contribution in [0.15, 0.2) is 0 Å². The summed E-state index contributed by atoms with van der Waals surface area (Å²) in [4.78, 5) is 12.1. The third kappa shape index (κ3) is 4.08. The maximum atomic E-state index is 11.6. The van der Waals surface area contributed by atoms with Gasteiger partial charge in [0, 0.05) is 17.8 Å². The number of alkyl halides is 1. The summed E-state index contributed by atoms with van der Waals surface area (Å²) in [5.74, 6) is 1.89. The molecule has 2 aliphatic carbocycles. The average molecular weight is 288 g/mol. The second-order valence-electron chi connectivity index (χ2n) is 5.35. The number of halogens is 1. The molecule has 2 nitrogen and oxygen atoms in total. The van der Waals surface area contributed by atoms with Crippen LogP contribution in [0.2, 0.25) is 0 Å². The van der Waals surface area contributed by atoms with Crippen molar-refractivity contribution in [3.63, 3.8) is 0 Å². The van der Waals surface area contributed by atoms with Gasteiger partial charge in [0.25, 0.3) is 0 Å². The quantitative estimate of drug-likeness (QED) is 0.747. The van der Waals surface area contributed by atoms with Crippen LogP contribution < -0.4 is 5.32 Å². The first-order valence-electron chi connectivity index (χ1n) is 6.66. The Labute approximate surface area is 107 Å². The van der Waals surface area contributed by atoms with Gasteiger partial charge >= 0.3 is 0 Å². The van der Waals surface area contributed by atoms with Gasteiger partial charge in [-0.25, -0.2) is 0 Å². The van der Waals surface area contributed by atoms with Crippen molar-refractivity contribution in [2.75, 3.05) is 6.54 Å². The highest BCUT2D eigenvalue weighted by Gasteiger charge is 2.29. The van der Waals surface area contributed by atoms with E-state index in [0.717, 1.165) is 31.2 Å². The Bertz CT molecular complexity index is 226. The van der Waals surface area contributed by atoms with E-state index in [0.29, 0.717) is 4.83 Å². The van der Waals surface area contributed by atoms with Crippen LogP contribution in [0.5, 0.6) is 0 Å². The van der Waals surface area contributed by atoms with Gasteiger partial charge in [0.1, 0.15) is 0 Å². The van der Waals surface area contributed by atoms with Gasteiger partial charge in [-0.15, -0.1) is 0 Å². The highest BCUT2D eigenvalue weighted by atomic mass is 79.9. The molecule has 0 aliphatic heterocycles. The summed E-state index contributed by atoms with van der Waals surface area (Å²) in [6.45, 7) is 0.814. The monoisotopic (exact) mass is 287 g/mol. The van der Waals surface area contributed by atoms with Crippen molar-refractivity contribution in [3.8, 4) is 0 Å². The average Bonchev–Trinajstić information content (AvgIpc) is 3.01. The maximum absolute atomic E-state index is 11.6. The largest absolute Gasteiger partial charge is 0.355 e. The van der Waals surface area contributed by atoms with E-state index < -0.39 is 0 Å². The molecule has 0 heterocycles. The Hall–Kier alpha value is -0.0500. The minimum Gasteiger partial charge on any atom is -0.355 e. The summed E-state index contributed by atoms with van der Waals surface area (Å²) in [7, 11) is 0. The fraction of sp³-hybridized carbons (Fsp3) is 0.923. The molecular formula is C13H22BrNO. The predicted molar refractivity (Wildman–Crippen MR) is 69.6 cm³/mol. The Morgan fingerprint density at radius 2 is 1.94 bits per heavy atom. The molecule has 0 aromatic rings. The lowest BCUT2D eigenvalue weighted by Crippen LogP contribution is -2.30. The first-order valence-corrected chi connectivity index (χ1v) is 7.58. The molecule has 2 rings (SSSR count). The van der Waals surface area contributed by atoms with E-state index >= 15 is 0 Å². The highest BCUT2D eigenvalue weighted by molar-refractivity contribution is 9.09. The normalized spacial score (nSPS) is 23.3. The fourth-order valence-electron chi connectivity index (χ4n) is 2.56. The van der Waals surface area contributed by atoms with Crippen LogP contribution in [0.25, 0.3) is 0 Å². The van der Waals surface area contributed by atoms with Gasteiger partial charge in [0.2, 0.25) is 5.91 Å². The fourth-order valence-corrected chi connectivity index (χ4v) is 3.25. The lowest BCUT2D eigenvalue weighted by molar-refractivity contribution is -0.121. The maximum Gasteiger partial charge on any atom is 0.220 e. The van der Waals surface area contributed by atoms with Gasteiger partial charge < -0.3 is 5.32 Å². The number of amides is 1. The molecule has 1 unspecified atom stereocenters. The predicted octanol–water partition coefficient (Wildman–Crippen LogP) is 3.25. The van der Waals surface area contributed by atoms with Crippen molar-refractivity contribution >= 4 is 21.8 Å². The molecule has 0 bridgehead atoms. The van der Waals surface area contributed by atoms with Crippen molar-refractivity contribution in [1.82, 2.24) is 5.32 Å². The first kappa shape index (κ1) is 12.4. The van der Waals surface area contributed by atoms with Crippen LogP contribution in [-0.2, 0) is 4.79 Å². The van der Waals surface area contributed by atoms with Gasteiger partial charge in [0.05, 0.1) is 0 Å². The Morgan fingerprint density at radius 1 is 1.25 bits per heavy atom. The smallest absolute Gasteiger partial charge is 0.220 e. The van der Waals surface area contributed by atoms with E-state index in [1.54, 1.807) is 0 Å². The van der Waals surface area contributed by atoms with E-state index in [9.17, 15) is 4.79 Å². The lowest BCUT2D eigenvalue weighted by atomic mass is 10.0. The second kappa shape index (κ2) is 6.04. The summed E-state index contributed by atoms with van der Waals surface area (Å²) < 4.78 is 0. The molecule has 2 fully saturated rings. The van der Waals surface area contributed by atoms with Crippen LogP contribution in [0, 0.1) is 11.8 Å². The van der Waals surface area contributed by atoms with E-state index in [1.165, 1.54) is 38.5 Å². The number of carbonyl (C=O) groups excluding carboxylic acids is 1. The van der Waals surface area contributed by atoms with Gasteiger partial charge in [-0.05, 0) is 31.1 Å². The van der Waals surface area contributed by atoms with Crippen LogP contribution in [0.4, 0.5) is 0 Å². The van der Waals surface area contributed by atoms with Crippen LogP contribution in [-0.4, -0.2) is 17.3 Å². The molecule has 1 atom stereocenters. The van der Waals surface area contributed by atoms with Crippen molar-refractivity contribution in [3.05, 3.63) is 0 Å². The van der Waals surface area contributed by atoms with Crippen LogP contribution >= 0.6 is 15.9 Å². The molecule has 2 saturated carbocycles.